The average molecular weight is 325 g/mol. The summed E-state index contributed by atoms with van der Waals surface area (Å²) in [6.45, 7) is 3.00. The van der Waals surface area contributed by atoms with Crippen LogP contribution in [-0.2, 0) is 23.9 Å². The van der Waals surface area contributed by atoms with Crippen molar-refractivity contribution in [1.82, 2.24) is 0 Å². The number of hydrogen-bond donors (Lipinski definition) is 0. The van der Waals surface area contributed by atoms with Gasteiger partial charge in [0.15, 0.2) is 5.78 Å². The molecule has 2 rings (SSSR count). The Labute approximate surface area is 133 Å². The minimum atomic E-state index is -1.28. The summed E-state index contributed by atoms with van der Waals surface area (Å²) in [4.78, 5) is 36.3. The van der Waals surface area contributed by atoms with Crippen molar-refractivity contribution >= 4 is 29.3 Å². The Bertz CT molecular complexity index is 605. The molecule has 0 bridgehead atoms. The molecule has 1 fully saturated rings. The van der Waals surface area contributed by atoms with Crippen molar-refractivity contribution in [3.63, 3.8) is 0 Å². The van der Waals surface area contributed by atoms with E-state index in [1.807, 2.05) is 0 Å². The molecule has 1 saturated heterocycles. The summed E-state index contributed by atoms with van der Waals surface area (Å²) in [5.74, 6) is -2.22. The lowest BCUT2D eigenvalue weighted by atomic mass is 9.74. The Morgan fingerprint density at radius 1 is 1.27 bits per heavy atom. The molecule has 1 aromatic rings. The van der Waals surface area contributed by atoms with Crippen LogP contribution in [0.4, 0.5) is 0 Å². The molecule has 22 heavy (non-hydrogen) atoms. The van der Waals surface area contributed by atoms with Gasteiger partial charge in [-0.05, 0) is 31.5 Å². The van der Waals surface area contributed by atoms with Crippen LogP contribution >= 0.6 is 11.6 Å². The van der Waals surface area contributed by atoms with Gasteiger partial charge in [0.2, 0.25) is 0 Å². The number of ether oxygens (including phenoxy) is 2. The number of rotatable bonds is 3. The smallest absolute Gasteiger partial charge is 0.319 e. The Morgan fingerprint density at radius 3 is 2.41 bits per heavy atom. The van der Waals surface area contributed by atoms with Crippen molar-refractivity contribution in [3.05, 3.63) is 34.9 Å². The minimum absolute atomic E-state index is 0.140. The molecule has 0 spiro atoms. The van der Waals surface area contributed by atoms with E-state index in [2.05, 4.69) is 4.74 Å². The van der Waals surface area contributed by atoms with Crippen molar-refractivity contribution in [2.45, 2.75) is 26.4 Å². The molecule has 118 valence electrons. The van der Waals surface area contributed by atoms with Crippen LogP contribution in [0.3, 0.4) is 0 Å². The van der Waals surface area contributed by atoms with E-state index < -0.39 is 29.4 Å². The van der Waals surface area contributed by atoms with Crippen LogP contribution < -0.4 is 0 Å². The zero-order valence-electron chi connectivity index (χ0n) is 12.6. The van der Waals surface area contributed by atoms with Crippen molar-refractivity contribution in [1.29, 1.82) is 0 Å². The van der Waals surface area contributed by atoms with Gasteiger partial charge in [-0.3, -0.25) is 14.4 Å². The van der Waals surface area contributed by atoms with Crippen molar-refractivity contribution < 1.29 is 23.9 Å². The molecule has 0 saturated carbocycles. The lowest BCUT2D eigenvalue weighted by Crippen LogP contribution is -2.48. The summed E-state index contributed by atoms with van der Waals surface area (Å²) in [5.41, 5.74) is -0.655. The van der Waals surface area contributed by atoms with Gasteiger partial charge in [0.05, 0.1) is 19.4 Å². The van der Waals surface area contributed by atoms with E-state index in [0.717, 1.165) is 0 Å². The first kappa shape index (κ1) is 16.5. The highest BCUT2D eigenvalue weighted by atomic mass is 35.5. The van der Waals surface area contributed by atoms with Crippen molar-refractivity contribution in [2.75, 3.05) is 7.11 Å². The van der Waals surface area contributed by atoms with Crippen LogP contribution in [0.15, 0.2) is 24.3 Å². The minimum Gasteiger partial charge on any atom is -0.469 e. The van der Waals surface area contributed by atoms with E-state index >= 15 is 0 Å². The SMILES string of the molecule is COC(=O)C[C@H]1C(=O)C(C)(C)C(=O)O[C@H]1c1ccc(Cl)cc1. The molecule has 1 aromatic carbocycles. The van der Waals surface area contributed by atoms with E-state index in [1.165, 1.54) is 21.0 Å². The normalized spacial score (nSPS) is 23.8. The number of ketones is 1. The first-order chi connectivity index (χ1) is 10.3. The van der Waals surface area contributed by atoms with Gasteiger partial charge < -0.3 is 9.47 Å². The molecule has 0 unspecified atom stereocenters. The number of carbonyl (C=O) groups is 3. The highest BCUT2D eigenvalue weighted by Crippen LogP contribution is 2.41. The second-order valence-corrected chi connectivity index (χ2v) is 6.19. The number of halogens is 1. The molecular formula is C16H17ClO5. The molecule has 0 N–H and O–H groups in total. The largest absolute Gasteiger partial charge is 0.469 e. The number of benzene rings is 1. The fourth-order valence-corrected chi connectivity index (χ4v) is 2.59. The Balaban J connectivity index is 2.39. The molecule has 1 heterocycles. The highest BCUT2D eigenvalue weighted by Gasteiger charge is 2.51. The topological polar surface area (TPSA) is 69.7 Å². The first-order valence-electron chi connectivity index (χ1n) is 6.85. The molecule has 2 atom stereocenters. The quantitative estimate of drug-likeness (QED) is 0.631. The van der Waals surface area contributed by atoms with Gasteiger partial charge >= 0.3 is 11.9 Å². The third-order valence-corrected chi connectivity index (χ3v) is 4.13. The summed E-state index contributed by atoms with van der Waals surface area (Å²) < 4.78 is 10.1. The number of hydrogen-bond acceptors (Lipinski definition) is 5. The van der Waals surface area contributed by atoms with Crippen LogP contribution in [-0.4, -0.2) is 24.8 Å². The third-order valence-electron chi connectivity index (χ3n) is 3.88. The summed E-state index contributed by atoms with van der Waals surface area (Å²) in [5, 5.41) is 0.530. The Hall–Kier alpha value is -1.88. The summed E-state index contributed by atoms with van der Waals surface area (Å²) >= 11 is 5.85. The second kappa shape index (κ2) is 6.08. The van der Waals surface area contributed by atoms with E-state index in [0.29, 0.717) is 10.6 Å². The maximum atomic E-state index is 12.6. The fraction of sp³-hybridized carbons (Fsp3) is 0.438. The predicted octanol–water partition coefficient (Wildman–Crippen LogP) is 2.71. The molecular weight excluding hydrogens is 308 g/mol. The number of Topliss-reactive ketones (excluding diaryl/α,β-unsaturated/α-hetero) is 1. The van der Waals surface area contributed by atoms with E-state index in [1.54, 1.807) is 24.3 Å². The molecule has 0 radical (unpaired) electrons. The lowest BCUT2D eigenvalue weighted by molar-refractivity contribution is -0.181. The molecule has 0 aliphatic carbocycles. The van der Waals surface area contributed by atoms with Crippen molar-refractivity contribution in [3.8, 4) is 0 Å². The Morgan fingerprint density at radius 2 is 1.86 bits per heavy atom. The molecule has 0 aromatic heterocycles. The van der Waals surface area contributed by atoms with Gasteiger partial charge in [0.1, 0.15) is 11.5 Å². The molecule has 1 aliphatic heterocycles. The zero-order valence-corrected chi connectivity index (χ0v) is 13.3. The van der Waals surface area contributed by atoms with Crippen LogP contribution in [0, 0.1) is 11.3 Å². The second-order valence-electron chi connectivity index (χ2n) is 5.75. The van der Waals surface area contributed by atoms with E-state index in [9.17, 15) is 14.4 Å². The summed E-state index contributed by atoms with van der Waals surface area (Å²) in [6.07, 6.45) is -0.955. The lowest BCUT2D eigenvalue weighted by Gasteiger charge is -2.37. The molecule has 5 nitrogen and oxygen atoms in total. The first-order valence-corrected chi connectivity index (χ1v) is 7.23. The number of cyclic esters (lactones) is 1. The monoisotopic (exact) mass is 324 g/mol. The van der Waals surface area contributed by atoms with Crippen molar-refractivity contribution in [2.24, 2.45) is 11.3 Å². The van der Waals surface area contributed by atoms with Crippen LogP contribution in [0.5, 0.6) is 0 Å². The average Bonchev–Trinajstić information content (AvgIpc) is 2.49. The molecule has 1 aliphatic rings. The molecule has 0 amide bonds. The number of esters is 2. The van der Waals surface area contributed by atoms with Gasteiger partial charge in [-0.1, -0.05) is 23.7 Å². The maximum Gasteiger partial charge on any atom is 0.319 e. The number of methoxy groups -OCH3 is 1. The Kier molecular flexibility index (Phi) is 4.56. The van der Waals surface area contributed by atoms with E-state index in [-0.39, 0.29) is 12.2 Å². The van der Waals surface area contributed by atoms with Gasteiger partial charge in [-0.25, -0.2) is 0 Å². The maximum absolute atomic E-state index is 12.6. The summed E-state index contributed by atoms with van der Waals surface area (Å²) in [7, 11) is 1.25. The van der Waals surface area contributed by atoms with Crippen LogP contribution in [0.25, 0.3) is 0 Å². The third kappa shape index (κ3) is 2.99. The van der Waals surface area contributed by atoms with Crippen LogP contribution in [0.2, 0.25) is 5.02 Å². The van der Waals surface area contributed by atoms with Gasteiger partial charge in [-0.2, -0.15) is 0 Å². The number of carbonyl (C=O) groups excluding carboxylic acids is 3. The van der Waals surface area contributed by atoms with Gasteiger partial charge in [0.25, 0.3) is 0 Å². The predicted molar refractivity (Wildman–Crippen MR) is 79.2 cm³/mol. The summed E-state index contributed by atoms with van der Waals surface area (Å²) in [6, 6.07) is 6.64. The van der Waals surface area contributed by atoms with Crippen LogP contribution in [0.1, 0.15) is 31.9 Å². The van der Waals surface area contributed by atoms with Gasteiger partial charge in [-0.15, -0.1) is 0 Å². The standard InChI is InChI=1S/C16H17ClO5/c1-16(2)14(19)11(8-12(18)21-3)13(22-15(16)20)9-4-6-10(17)7-5-9/h4-7,11,13H,8H2,1-3H3/t11-,13+/m1/s1. The van der Waals surface area contributed by atoms with E-state index in [4.69, 9.17) is 16.3 Å². The molecule has 6 heteroatoms. The highest BCUT2D eigenvalue weighted by molar-refractivity contribution is 6.30. The zero-order chi connectivity index (χ0) is 16.5. The van der Waals surface area contributed by atoms with Gasteiger partial charge in [0, 0.05) is 5.02 Å². The fourth-order valence-electron chi connectivity index (χ4n) is 2.46.